The van der Waals surface area contributed by atoms with E-state index in [2.05, 4.69) is 15.8 Å². The fourth-order valence-corrected chi connectivity index (χ4v) is 3.40. The van der Waals surface area contributed by atoms with Crippen molar-refractivity contribution < 1.29 is 9.53 Å². The number of thiocarbonyl (C=S) groups is 1. The molecule has 3 rings (SSSR count). The topological polar surface area (TPSA) is 62.7 Å². The highest BCUT2D eigenvalue weighted by atomic mass is 35.5. The van der Waals surface area contributed by atoms with E-state index in [1.165, 1.54) is 19.3 Å². The maximum Gasteiger partial charge on any atom is 0.343 e. The number of hydrogen-bond acceptors (Lipinski definition) is 4. The van der Waals surface area contributed by atoms with Crippen molar-refractivity contribution in [3.8, 4) is 5.75 Å². The molecule has 1 aliphatic carbocycles. The predicted octanol–water partition coefficient (Wildman–Crippen LogP) is 4.69. The lowest BCUT2D eigenvalue weighted by atomic mass is 9.96. The van der Waals surface area contributed by atoms with Crippen molar-refractivity contribution in [2.24, 2.45) is 5.10 Å². The van der Waals surface area contributed by atoms with Gasteiger partial charge in [0.05, 0.1) is 11.8 Å². The smallest absolute Gasteiger partial charge is 0.343 e. The zero-order valence-corrected chi connectivity index (χ0v) is 16.9. The third kappa shape index (κ3) is 6.04. The fraction of sp³-hybridized carbons (Fsp3) is 0.286. The summed E-state index contributed by atoms with van der Waals surface area (Å²) in [5, 5.41) is 8.52. The van der Waals surface area contributed by atoms with Gasteiger partial charge >= 0.3 is 5.97 Å². The third-order valence-electron chi connectivity index (χ3n) is 4.51. The Balaban J connectivity index is 1.58. The van der Waals surface area contributed by atoms with Gasteiger partial charge in [-0.25, -0.2) is 4.79 Å². The van der Waals surface area contributed by atoms with Crippen LogP contribution in [0.25, 0.3) is 0 Å². The number of nitrogens with one attached hydrogen (secondary N) is 2. The summed E-state index contributed by atoms with van der Waals surface area (Å²) in [5.74, 6) is -0.0425. The lowest BCUT2D eigenvalue weighted by Crippen LogP contribution is -2.40. The Morgan fingerprint density at radius 3 is 2.57 bits per heavy atom. The number of hydrazone groups is 1. The Morgan fingerprint density at radius 2 is 1.82 bits per heavy atom. The van der Waals surface area contributed by atoms with Crippen molar-refractivity contribution in [3.05, 3.63) is 64.7 Å². The molecule has 0 spiro atoms. The van der Waals surface area contributed by atoms with Crippen molar-refractivity contribution in [1.82, 2.24) is 10.7 Å². The van der Waals surface area contributed by atoms with E-state index in [1.807, 2.05) is 12.1 Å². The third-order valence-corrected chi connectivity index (χ3v) is 4.97. The van der Waals surface area contributed by atoms with E-state index in [0.29, 0.717) is 33.1 Å². The van der Waals surface area contributed by atoms with Crippen LogP contribution in [0.2, 0.25) is 5.02 Å². The van der Waals surface area contributed by atoms with E-state index in [9.17, 15) is 4.79 Å². The highest BCUT2D eigenvalue weighted by Crippen LogP contribution is 2.19. The predicted molar refractivity (Wildman–Crippen MR) is 116 cm³/mol. The molecule has 2 aromatic rings. The van der Waals surface area contributed by atoms with Crippen LogP contribution in [0.4, 0.5) is 0 Å². The average Bonchev–Trinajstić information content (AvgIpc) is 2.70. The average molecular weight is 416 g/mol. The number of rotatable bonds is 5. The lowest BCUT2D eigenvalue weighted by molar-refractivity contribution is 0.0734. The van der Waals surface area contributed by atoms with E-state index in [1.54, 1.807) is 42.6 Å². The summed E-state index contributed by atoms with van der Waals surface area (Å²) >= 11 is 11.1. The first-order valence-corrected chi connectivity index (χ1v) is 10.1. The summed E-state index contributed by atoms with van der Waals surface area (Å²) in [6, 6.07) is 14.1. The number of para-hydroxylation sites is 1. The Hall–Kier alpha value is -2.44. The lowest BCUT2D eigenvalue weighted by Gasteiger charge is -2.23. The molecule has 28 heavy (non-hydrogen) atoms. The Morgan fingerprint density at radius 1 is 1.11 bits per heavy atom. The molecule has 2 N–H and O–H groups in total. The summed E-state index contributed by atoms with van der Waals surface area (Å²) in [7, 11) is 0. The van der Waals surface area contributed by atoms with Gasteiger partial charge in [0, 0.05) is 16.6 Å². The molecule has 5 nitrogen and oxygen atoms in total. The standard InChI is InChI=1S/C21H22ClN3O2S/c22-17-12-10-15(11-13-17)20(26)27-19-9-5-4-6-16(19)14-23-25-21(28)24-18-7-2-1-3-8-18/h4-6,9-14,18H,1-3,7-8H2,(H2,24,25,28)/b23-14-. The van der Waals surface area contributed by atoms with Gasteiger partial charge in [0.25, 0.3) is 0 Å². The summed E-state index contributed by atoms with van der Waals surface area (Å²) in [6.07, 6.45) is 7.61. The van der Waals surface area contributed by atoms with E-state index < -0.39 is 5.97 Å². The fourth-order valence-electron chi connectivity index (χ4n) is 3.05. The molecular formula is C21H22ClN3O2S. The van der Waals surface area contributed by atoms with Crippen LogP contribution in [-0.2, 0) is 0 Å². The van der Waals surface area contributed by atoms with E-state index in [4.69, 9.17) is 28.6 Å². The molecule has 0 amide bonds. The van der Waals surface area contributed by atoms with Gasteiger partial charge in [-0.1, -0.05) is 43.0 Å². The van der Waals surface area contributed by atoms with Gasteiger partial charge in [-0.2, -0.15) is 5.10 Å². The van der Waals surface area contributed by atoms with Gasteiger partial charge in [0.2, 0.25) is 0 Å². The number of ether oxygens (including phenoxy) is 1. The molecule has 146 valence electrons. The minimum atomic E-state index is -0.458. The van der Waals surface area contributed by atoms with E-state index in [-0.39, 0.29) is 0 Å². The molecule has 0 heterocycles. The van der Waals surface area contributed by atoms with Crippen molar-refractivity contribution in [2.75, 3.05) is 0 Å². The number of hydrogen-bond donors (Lipinski definition) is 2. The quantitative estimate of drug-likeness (QED) is 0.244. The molecule has 2 aromatic carbocycles. The van der Waals surface area contributed by atoms with Crippen molar-refractivity contribution in [3.63, 3.8) is 0 Å². The van der Waals surface area contributed by atoms with Gasteiger partial charge in [-0.3, -0.25) is 5.43 Å². The molecule has 0 bridgehead atoms. The minimum Gasteiger partial charge on any atom is -0.422 e. The molecule has 0 atom stereocenters. The number of esters is 1. The second kappa shape index (κ2) is 10.2. The molecule has 1 aliphatic rings. The SMILES string of the molecule is O=C(Oc1ccccc1/C=N\NC(=S)NC1CCCCC1)c1ccc(Cl)cc1. The second-order valence-corrected chi connectivity index (χ2v) is 7.46. The Labute approximate surface area is 175 Å². The van der Waals surface area contributed by atoms with Gasteiger partial charge in [-0.15, -0.1) is 0 Å². The van der Waals surface area contributed by atoms with Crippen LogP contribution in [0, 0.1) is 0 Å². The number of carbonyl (C=O) groups excluding carboxylic acids is 1. The maximum atomic E-state index is 12.3. The zero-order valence-electron chi connectivity index (χ0n) is 15.4. The largest absolute Gasteiger partial charge is 0.422 e. The van der Waals surface area contributed by atoms with Crippen molar-refractivity contribution in [2.45, 2.75) is 38.1 Å². The van der Waals surface area contributed by atoms with Crippen LogP contribution in [0.3, 0.4) is 0 Å². The normalized spacial score (nSPS) is 14.6. The molecule has 7 heteroatoms. The van der Waals surface area contributed by atoms with Crippen LogP contribution < -0.4 is 15.5 Å². The Kier molecular flexibility index (Phi) is 7.39. The van der Waals surface area contributed by atoms with Crippen LogP contribution in [0.15, 0.2) is 53.6 Å². The monoisotopic (exact) mass is 415 g/mol. The molecule has 0 aromatic heterocycles. The van der Waals surface area contributed by atoms with Crippen molar-refractivity contribution in [1.29, 1.82) is 0 Å². The molecule has 0 radical (unpaired) electrons. The van der Waals surface area contributed by atoms with Crippen LogP contribution in [-0.4, -0.2) is 23.3 Å². The summed E-state index contributed by atoms with van der Waals surface area (Å²) < 4.78 is 5.50. The van der Waals surface area contributed by atoms with Crippen LogP contribution in [0.5, 0.6) is 5.75 Å². The van der Waals surface area contributed by atoms with E-state index in [0.717, 1.165) is 12.8 Å². The summed E-state index contributed by atoms with van der Waals surface area (Å²) in [4.78, 5) is 12.3. The van der Waals surface area contributed by atoms with E-state index >= 15 is 0 Å². The van der Waals surface area contributed by atoms with Gasteiger partial charge in [-0.05, 0) is 61.5 Å². The summed E-state index contributed by atoms with van der Waals surface area (Å²) in [6.45, 7) is 0. The minimum absolute atomic E-state index is 0.413. The van der Waals surface area contributed by atoms with Gasteiger partial charge < -0.3 is 10.1 Å². The zero-order chi connectivity index (χ0) is 19.8. The number of nitrogens with zero attached hydrogens (tertiary/aromatic N) is 1. The summed E-state index contributed by atoms with van der Waals surface area (Å²) in [5.41, 5.74) is 3.92. The highest BCUT2D eigenvalue weighted by molar-refractivity contribution is 7.80. The Bertz CT molecular complexity index is 849. The maximum absolute atomic E-state index is 12.3. The molecule has 0 unspecified atom stereocenters. The van der Waals surface area contributed by atoms with Crippen LogP contribution >= 0.6 is 23.8 Å². The molecule has 0 saturated heterocycles. The van der Waals surface area contributed by atoms with Gasteiger partial charge in [0.1, 0.15) is 5.75 Å². The molecule has 1 fully saturated rings. The van der Waals surface area contributed by atoms with Gasteiger partial charge in [0.15, 0.2) is 5.11 Å². The number of halogens is 1. The number of benzene rings is 2. The van der Waals surface area contributed by atoms with Crippen LogP contribution in [0.1, 0.15) is 48.0 Å². The number of carbonyl (C=O) groups is 1. The molecule has 0 aliphatic heterocycles. The molecule has 1 saturated carbocycles. The second-order valence-electron chi connectivity index (χ2n) is 6.61. The first-order chi connectivity index (χ1) is 13.6. The highest BCUT2D eigenvalue weighted by Gasteiger charge is 2.14. The first kappa shape index (κ1) is 20.3. The molecular weight excluding hydrogens is 394 g/mol. The van der Waals surface area contributed by atoms with Crippen molar-refractivity contribution >= 4 is 41.1 Å². The first-order valence-electron chi connectivity index (χ1n) is 9.28.